The van der Waals surface area contributed by atoms with Crippen molar-refractivity contribution in [2.45, 2.75) is 33.2 Å². The Kier molecular flexibility index (Phi) is 8.18. The maximum Gasteiger partial charge on any atom is 0.300 e. The molecule has 1 saturated heterocycles. The Balaban J connectivity index is 1.94. The molecule has 1 heterocycles. The Labute approximate surface area is 225 Å². The Bertz CT molecular complexity index is 1450. The molecule has 0 aliphatic carbocycles. The van der Waals surface area contributed by atoms with Crippen LogP contribution < -0.4 is 19.1 Å². The standard InChI is InChI=1S/C30H29F2NO6/c1-5-13-39-23-11-8-19(14-17(23)3)28(34)26-27(18-7-12-24(37-4)25(15-18)38-6-2)33(30(36)29(26)35)22-10-9-20(31)16-21(22)32/h7-12,14-16,27,34H,5-6,13H2,1-4H3/b28-26+. The fourth-order valence-corrected chi connectivity index (χ4v) is 4.53. The van der Waals surface area contributed by atoms with Gasteiger partial charge in [-0.2, -0.15) is 0 Å². The lowest BCUT2D eigenvalue weighted by Gasteiger charge is -2.26. The third-order valence-electron chi connectivity index (χ3n) is 6.33. The van der Waals surface area contributed by atoms with E-state index in [1.165, 1.54) is 7.11 Å². The number of hydrogen-bond donors (Lipinski definition) is 1. The van der Waals surface area contributed by atoms with Gasteiger partial charge in [0.2, 0.25) is 0 Å². The largest absolute Gasteiger partial charge is 0.507 e. The average Bonchev–Trinajstić information content (AvgIpc) is 3.17. The highest BCUT2D eigenvalue weighted by atomic mass is 19.1. The van der Waals surface area contributed by atoms with E-state index >= 15 is 0 Å². The number of carbonyl (C=O) groups excluding carboxylic acids is 2. The maximum absolute atomic E-state index is 15.0. The molecule has 1 unspecified atom stereocenters. The van der Waals surface area contributed by atoms with Crippen LogP contribution in [0.25, 0.3) is 5.76 Å². The van der Waals surface area contributed by atoms with Crippen LogP contribution in [0.15, 0.2) is 60.2 Å². The number of hydrogen-bond acceptors (Lipinski definition) is 6. The van der Waals surface area contributed by atoms with Gasteiger partial charge in [-0.05, 0) is 73.9 Å². The Hall–Kier alpha value is -4.40. The smallest absolute Gasteiger partial charge is 0.300 e. The summed E-state index contributed by atoms with van der Waals surface area (Å²) < 4.78 is 45.4. The van der Waals surface area contributed by atoms with Crippen molar-refractivity contribution < 1.29 is 37.7 Å². The second kappa shape index (κ2) is 11.6. The third-order valence-corrected chi connectivity index (χ3v) is 6.33. The van der Waals surface area contributed by atoms with Crippen LogP contribution in [0.3, 0.4) is 0 Å². The first kappa shape index (κ1) is 27.6. The molecule has 204 valence electrons. The molecule has 1 N–H and O–H groups in total. The van der Waals surface area contributed by atoms with E-state index in [9.17, 15) is 23.5 Å². The minimum atomic E-state index is -1.24. The SMILES string of the molecule is CCCOc1ccc(/C(O)=C2\C(=O)C(=O)N(c3ccc(F)cc3F)C2c2ccc(OC)c(OCC)c2)cc1C. The maximum atomic E-state index is 15.0. The summed E-state index contributed by atoms with van der Waals surface area (Å²) in [5.41, 5.74) is 0.778. The quantitative estimate of drug-likeness (QED) is 0.202. The van der Waals surface area contributed by atoms with Crippen molar-refractivity contribution in [3.8, 4) is 17.2 Å². The van der Waals surface area contributed by atoms with E-state index in [1.807, 2.05) is 6.92 Å². The molecule has 1 amide bonds. The number of amides is 1. The number of nitrogens with zero attached hydrogens (tertiary/aromatic N) is 1. The van der Waals surface area contributed by atoms with Crippen molar-refractivity contribution in [2.75, 3.05) is 25.2 Å². The average molecular weight is 538 g/mol. The predicted octanol–water partition coefficient (Wildman–Crippen LogP) is 6.10. The van der Waals surface area contributed by atoms with E-state index in [0.717, 1.165) is 23.5 Å². The number of ether oxygens (including phenoxy) is 3. The van der Waals surface area contributed by atoms with E-state index in [0.29, 0.717) is 47.7 Å². The first-order valence-electron chi connectivity index (χ1n) is 12.5. The van der Waals surface area contributed by atoms with E-state index < -0.39 is 35.1 Å². The molecule has 0 saturated carbocycles. The van der Waals surface area contributed by atoms with Crippen LogP contribution in [-0.4, -0.2) is 37.1 Å². The highest BCUT2D eigenvalue weighted by Crippen LogP contribution is 2.45. The number of aliphatic hydroxyl groups is 1. The van der Waals surface area contributed by atoms with Crippen LogP contribution in [0.2, 0.25) is 0 Å². The predicted molar refractivity (Wildman–Crippen MR) is 142 cm³/mol. The number of rotatable bonds is 9. The highest BCUT2D eigenvalue weighted by Gasteiger charge is 2.48. The van der Waals surface area contributed by atoms with Crippen LogP contribution in [0.1, 0.15) is 43.0 Å². The molecule has 9 heteroatoms. The van der Waals surface area contributed by atoms with E-state index in [2.05, 4.69) is 0 Å². The molecule has 1 atom stereocenters. The Morgan fingerprint density at radius 1 is 0.949 bits per heavy atom. The van der Waals surface area contributed by atoms with Gasteiger partial charge in [0.05, 0.1) is 37.6 Å². The number of aliphatic hydroxyl groups excluding tert-OH is 1. The lowest BCUT2D eigenvalue weighted by Crippen LogP contribution is -2.30. The van der Waals surface area contributed by atoms with Crippen molar-refractivity contribution in [1.82, 2.24) is 0 Å². The second-order valence-corrected chi connectivity index (χ2v) is 8.94. The molecule has 3 aromatic carbocycles. The Morgan fingerprint density at radius 2 is 1.69 bits per heavy atom. The van der Waals surface area contributed by atoms with Gasteiger partial charge in [0.15, 0.2) is 11.5 Å². The monoisotopic (exact) mass is 537 g/mol. The molecule has 0 radical (unpaired) electrons. The molecule has 1 aliphatic heterocycles. The minimum Gasteiger partial charge on any atom is -0.507 e. The van der Waals surface area contributed by atoms with Gasteiger partial charge in [-0.15, -0.1) is 0 Å². The number of aryl methyl sites for hydroxylation is 1. The number of anilines is 1. The zero-order valence-corrected chi connectivity index (χ0v) is 22.1. The number of methoxy groups -OCH3 is 1. The number of halogens is 2. The molecule has 4 rings (SSSR count). The molecule has 0 bridgehead atoms. The van der Waals surface area contributed by atoms with Crippen LogP contribution in [0, 0.1) is 18.6 Å². The molecule has 1 aliphatic rings. The van der Waals surface area contributed by atoms with Gasteiger partial charge < -0.3 is 19.3 Å². The molecule has 7 nitrogen and oxygen atoms in total. The zero-order chi connectivity index (χ0) is 28.3. The van der Waals surface area contributed by atoms with E-state index in [1.54, 1.807) is 50.2 Å². The third kappa shape index (κ3) is 5.30. The minimum absolute atomic E-state index is 0.252. The summed E-state index contributed by atoms with van der Waals surface area (Å²) in [6.45, 7) is 6.37. The highest BCUT2D eigenvalue weighted by molar-refractivity contribution is 6.51. The number of ketones is 1. The van der Waals surface area contributed by atoms with Gasteiger partial charge in [-0.1, -0.05) is 13.0 Å². The zero-order valence-electron chi connectivity index (χ0n) is 22.1. The van der Waals surface area contributed by atoms with Crippen LogP contribution >= 0.6 is 0 Å². The van der Waals surface area contributed by atoms with Crippen molar-refractivity contribution in [3.05, 3.63) is 88.5 Å². The van der Waals surface area contributed by atoms with Crippen LogP contribution in [-0.2, 0) is 9.59 Å². The molecule has 1 fully saturated rings. The van der Waals surface area contributed by atoms with Crippen molar-refractivity contribution in [2.24, 2.45) is 0 Å². The summed E-state index contributed by atoms with van der Waals surface area (Å²) in [5.74, 6) is -3.04. The summed E-state index contributed by atoms with van der Waals surface area (Å²) in [6.07, 6.45) is 0.816. The van der Waals surface area contributed by atoms with Gasteiger partial charge in [0, 0.05) is 11.6 Å². The van der Waals surface area contributed by atoms with Crippen LogP contribution in [0.5, 0.6) is 17.2 Å². The molecule has 3 aromatic rings. The van der Waals surface area contributed by atoms with Gasteiger partial charge in [-0.25, -0.2) is 8.78 Å². The molecule has 0 aromatic heterocycles. The normalized spacial score (nSPS) is 16.5. The summed E-state index contributed by atoms with van der Waals surface area (Å²) in [4.78, 5) is 27.7. The lowest BCUT2D eigenvalue weighted by atomic mass is 9.94. The topological polar surface area (TPSA) is 85.3 Å². The number of carbonyl (C=O) groups is 2. The summed E-state index contributed by atoms with van der Waals surface area (Å²) in [6, 6.07) is 11.1. The molecular weight excluding hydrogens is 508 g/mol. The molecule has 39 heavy (non-hydrogen) atoms. The molecular formula is C30H29F2NO6. The van der Waals surface area contributed by atoms with E-state index in [4.69, 9.17) is 14.2 Å². The fourth-order valence-electron chi connectivity index (χ4n) is 4.53. The van der Waals surface area contributed by atoms with Crippen molar-refractivity contribution in [1.29, 1.82) is 0 Å². The van der Waals surface area contributed by atoms with Gasteiger partial charge >= 0.3 is 0 Å². The number of Topliss-reactive ketones (excluding diaryl/α,β-unsaturated/α-hetero) is 1. The lowest BCUT2D eigenvalue weighted by molar-refractivity contribution is -0.132. The molecule has 0 spiro atoms. The fraction of sp³-hybridized carbons (Fsp3) is 0.267. The second-order valence-electron chi connectivity index (χ2n) is 8.94. The van der Waals surface area contributed by atoms with Gasteiger partial charge in [0.1, 0.15) is 23.1 Å². The van der Waals surface area contributed by atoms with Gasteiger partial charge in [0.25, 0.3) is 11.7 Å². The van der Waals surface area contributed by atoms with Crippen LogP contribution in [0.4, 0.5) is 14.5 Å². The number of benzene rings is 3. The first-order valence-corrected chi connectivity index (χ1v) is 12.5. The van der Waals surface area contributed by atoms with E-state index in [-0.39, 0.29) is 16.8 Å². The summed E-state index contributed by atoms with van der Waals surface area (Å²) in [5, 5.41) is 11.4. The summed E-state index contributed by atoms with van der Waals surface area (Å²) in [7, 11) is 1.47. The van der Waals surface area contributed by atoms with Crippen molar-refractivity contribution in [3.63, 3.8) is 0 Å². The first-order chi connectivity index (χ1) is 18.7. The van der Waals surface area contributed by atoms with Gasteiger partial charge in [-0.3, -0.25) is 14.5 Å². The Morgan fingerprint density at radius 3 is 2.33 bits per heavy atom. The van der Waals surface area contributed by atoms with Crippen molar-refractivity contribution >= 4 is 23.1 Å². The summed E-state index contributed by atoms with van der Waals surface area (Å²) >= 11 is 0.